The van der Waals surface area contributed by atoms with Crippen molar-refractivity contribution in [1.82, 2.24) is 19.2 Å². The lowest BCUT2D eigenvalue weighted by Gasteiger charge is -2.44. The lowest BCUT2D eigenvalue weighted by molar-refractivity contribution is -0.134. The molecule has 9 nitrogen and oxygen atoms in total. The van der Waals surface area contributed by atoms with Gasteiger partial charge in [0.2, 0.25) is 10.0 Å². The number of sulfonamides is 1. The third-order valence-electron chi connectivity index (χ3n) is 6.30. The molecule has 2 amide bonds. The standard InChI is InChI=1S/C24H24FN5O4S/c25-22-17-29(23(31)28-20-9-5-4-8-19(20)21-16-26-11-12-27-21)13-10-24(22)30(14-15-34-24)35(32,33)18-6-2-1-3-7-18/h1-9,11-12,16,22H,10,13-15,17H2,(H,28,31). The Bertz CT molecular complexity index is 1310. The fourth-order valence-electron chi connectivity index (χ4n) is 4.56. The van der Waals surface area contributed by atoms with Crippen LogP contribution in [0, 0.1) is 0 Å². The number of amides is 2. The molecule has 1 N–H and O–H groups in total. The van der Waals surface area contributed by atoms with Crippen molar-refractivity contribution in [2.75, 3.05) is 31.6 Å². The van der Waals surface area contributed by atoms with Gasteiger partial charge in [0.25, 0.3) is 0 Å². The molecule has 2 atom stereocenters. The number of alkyl halides is 1. The molecule has 3 heterocycles. The number of benzene rings is 2. The first kappa shape index (κ1) is 23.3. The van der Waals surface area contributed by atoms with Crippen LogP contribution >= 0.6 is 0 Å². The van der Waals surface area contributed by atoms with E-state index in [1.807, 2.05) is 12.1 Å². The number of nitrogens with one attached hydrogen (secondary N) is 1. The maximum absolute atomic E-state index is 15.7. The van der Waals surface area contributed by atoms with Crippen LogP contribution in [0.3, 0.4) is 0 Å². The Kier molecular flexibility index (Phi) is 6.22. The fraction of sp³-hybridized carbons (Fsp3) is 0.292. The minimum absolute atomic E-state index is 0.0134. The van der Waals surface area contributed by atoms with Crippen molar-refractivity contribution >= 4 is 21.7 Å². The molecule has 0 bridgehead atoms. The first-order valence-corrected chi connectivity index (χ1v) is 12.6. The number of nitrogens with zero attached hydrogens (tertiary/aromatic N) is 4. The lowest BCUT2D eigenvalue weighted by atomic mass is 9.99. The van der Waals surface area contributed by atoms with Gasteiger partial charge in [-0.3, -0.25) is 9.97 Å². The number of halogens is 1. The van der Waals surface area contributed by atoms with E-state index in [1.165, 1.54) is 17.0 Å². The van der Waals surface area contributed by atoms with E-state index in [-0.39, 0.29) is 37.6 Å². The molecule has 2 aliphatic rings. The molecule has 1 aromatic heterocycles. The predicted octanol–water partition coefficient (Wildman–Crippen LogP) is 3.14. The van der Waals surface area contributed by atoms with Crippen molar-refractivity contribution in [1.29, 1.82) is 0 Å². The summed E-state index contributed by atoms with van der Waals surface area (Å²) >= 11 is 0. The second-order valence-electron chi connectivity index (χ2n) is 8.31. The topological polar surface area (TPSA) is 105 Å². The fourth-order valence-corrected chi connectivity index (χ4v) is 6.30. The first-order chi connectivity index (χ1) is 16.9. The molecule has 2 unspecified atom stereocenters. The third-order valence-corrected chi connectivity index (χ3v) is 8.24. The number of hydrogen-bond donors (Lipinski definition) is 1. The normalized spacial score (nSPS) is 22.9. The molecular formula is C24H24FN5O4S. The van der Waals surface area contributed by atoms with Crippen LogP contribution in [0.15, 0.2) is 78.1 Å². The summed E-state index contributed by atoms with van der Waals surface area (Å²) in [5, 5.41) is 2.83. The van der Waals surface area contributed by atoms with Crippen molar-refractivity contribution in [3.8, 4) is 11.3 Å². The number of aromatic nitrogens is 2. The number of urea groups is 1. The van der Waals surface area contributed by atoms with Gasteiger partial charge in [-0.1, -0.05) is 36.4 Å². The summed E-state index contributed by atoms with van der Waals surface area (Å²) in [7, 11) is -3.97. The van der Waals surface area contributed by atoms with Crippen molar-refractivity contribution in [2.45, 2.75) is 23.2 Å². The highest BCUT2D eigenvalue weighted by Gasteiger charge is 2.57. The minimum atomic E-state index is -3.97. The van der Waals surface area contributed by atoms with Gasteiger partial charge in [-0.2, -0.15) is 4.31 Å². The predicted molar refractivity (Wildman–Crippen MR) is 127 cm³/mol. The van der Waals surface area contributed by atoms with Gasteiger partial charge in [-0.15, -0.1) is 0 Å². The number of carbonyl (C=O) groups excluding carboxylic acids is 1. The Morgan fingerprint density at radius 1 is 1.09 bits per heavy atom. The molecule has 2 saturated heterocycles. The van der Waals surface area contributed by atoms with Crippen LogP contribution in [-0.2, 0) is 14.8 Å². The van der Waals surface area contributed by atoms with Crippen LogP contribution in [0.5, 0.6) is 0 Å². The highest BCUT2D eigenvalue weighted by molar-refractivity contribution is 7.89. The number of anilines is 1. The molecule has 0 aliphatic carbocycles. The number of ether oxygens (including phenoxy) is 1. The summed E-state index contributed by atoms with van der Waals surface area (Å²) in [6.45, 7) is -0.0418. The van der Waals surface area contributed by atoms with Gasteiger partial charge in [0, 0.05) is 37.5 Å². The van der Waals surface area contributed by atoms with E-state index >= 15 is 4.39 Å². The largest absolute Gasteiger partial charge is 0.355 e. The van der Waals surface area contributed by atoms with Crippen molar-refractivity contribution in [2.24, 2.45) is 0 Å². The average Bonchev–Trinajstić information content (AvgIpc) is 3.33. The van der Waals surface area contributed by atoms with E-state index in [0.717, 1.165) is 4.31 Å². The highest BCUT2D eigenvalue weighted by Crippen LogP contribution is 2.40. The maximum Gasteiger partial charge on any atom is 0.321 e. The van der Waals surface area contributed by atoms with E-state index in [9.17, 15) is 13.2 Å². The second kappa shape index (κ2) is 9.33. The quantitative estimate of drug-likeness (QED) is 0.594. The van der Waals surface area contributed by atoms with Gasteiger partial charge in [-0.25, -0.2) is 17.6 Å². The number of carbonyl (C=O) groups is 1. The number of rotatable bonds is 4. The Balaban J connectivity index is 1.33. The Hall–Kier alpha value is -3.41. The molecule has 35 heavy (non-hydrogen) atoms. The smallest absolute Gasteiger partial charge is 0.321 e. The number of likely N-dealkylation sites (tertiary alicyclic amines) is 1. The van der Waals surface area contributed by atoms with Crippen LogP contribution < -0.4 is 5.32 Å². The first-order valence-electron chi connectivity index (χ1n) is 11.2. The van der Waals surface area contributed by atoms with E-state index in [1.54, 1.807) is 48.9 Å². The van der Waals surface area contributed by atoms with Crippen LogP contribution in [0.2, 0.25) is 0 Å². The summed E-state index contributed by atoms with van der Waals surface area (Å²) in [5.41, 5.74) is 0.145. The average molecular weight is 498 g/mol. The van der Waals surface area contributed by atoms with E-state index in [0.29, 0.717) is 16.9 Å². The molecule has 5 rings (SSSR count). The van der Waals surface area contributed by atoms with Crippen molar-refractivity contribution in [3.05, 3.63) is 73.2 Å². The lowest BCUT2D eigenvalue weighted by Crippen LogP contribution is -2.63. The number of hydrogen-bond acceptors (Lipinski definition) is 6. The summed E-state index contributed by atoms with van der Waals surface area (Å²) in [6, 6.07) is 14.6. The summed E-state index contributed by atoms with van der Waals surface area (Å²) < 4.78 is 49.0. The van der Waals surface area contributed by atoms with Crippen LogP contribution in [0.4, 0.5) is 14.9 Å². The molecule has 11 heteroatoms. The van der Waals surface area contributed by atoms with Gasteiger partial charge in [0.05, 0.1) is 35.6 Å². The highest BCUT2D eigenvalue weighted by atomic mass is 32.2. The van der Waals surface area contributed by atoms with Gasteiger partial charge in [0.15, 0.2) is 11.9 Å². The van der Waals surface area contributed by atoms with E-state index in [4.69, 9.17) is 4.74 Å². The minimum Gasteiger partial charge on any atom is -0.355 e. The van der Waals surface area contributed by atoms with Gasteiger partial charge in [-0.05, 0) is 18.2 Å². The van der Waals surface area contributed by atoms with Crippen LogP contribution in [0.25, 0.3) is 11.3 Å². The molecule has 0 saturated carbocycles. The van der Waals surface area contributed by atoms with Gasteiger partial charge in [0.1, 0.15) is 0 Å². The molecule has 2 aromatic carbocycles. The summed E-state index contributed by atoms with van der Waals surface area (Å²) in [6.07, 6.45) is 2.99. The van der Waals surface area contributed by atoms with Crippen LogP contribution in [0.1, 0.15) is 6.42 Å². The van der Waals surface area contributed by atoms with Crippen molar-refractivity contribution < 1.29 is 22.3 Å². The molecule has 1 spiro atoms. The second-order valence-corrected chi connectivity index (χ2v) is 10.2. The van der Waals surface area contributed by atoms with Crippen molar-refractivity contribution in [3.63, 3.8) is 0 Å². The third kappa shape index (κ3) is 4.26. The molecule has 2 aliphatic heterocycles. The molecule has 2 fully saturated rings. The molecule has 0 radical (unpaired) electrons. The zero-order valence-electron chi connectivity index (χ0n) is 18.7. The van der Waals surface area contributed by atoms with E-state index < -0.39 is 28.0 Å². The van der Waals surface area contributed by atoms with Gasteiger partial charge < -0.3 is 15.0 Å². The molecular weight excluding hydrogens is 473 g/mol. The van der Waals surface area contributed by atoms with E-state index in [2.05, 4.69) is 15.3 Å². The Morgan fingerprint density at radius 2 is 1.86 bits per heavy atom. The Morgan fingerprint density at radius 3 is 2.60 bits per heavy atom. The van der Waals surface area contributed by atoms with Gasteiger partial charge >= 0.3 is 6.03 Å². The zero-order chi connectivity index (χ0) is 24.5. The monoisotopic (exact) mass is 497 g/mol. The SMILES string of the molecule is O=C(Nc1ccccc1-c1cnccn1)N1CCC2(OCCN2S(=O)(=O)c2ccccc2)C(F)C1. The zero-order valence-corrected chi connectivity index (χ0v) is 19.6. The van der Waals surface area contributed by atoms with Crippen LogP contribution in [-0.4, -0.2) is 71.8 Å². The summed E-state index contributed by atoms with van der Waals surface area (Å²) in [5.74, 6) is 0. The molecule has 3 aromatic rings. The number of para-hydroxylation sites is 1. The maximum atomic E-state index is 15.7. The molecule has 182 valence electrons. The summed E-state index contributed by atoms with van der Waals surface area (Å²) in [4.78, 5) is 22.8. The number of piperidine rings is 1. The Labute approximate surface area is 202 Å².